The molecule has 2 unspecified atom stereocenters. The van der Waals surface area contributed by atoms with Gasteiger partial charge < -0.3 is 30.3 Å². The molecule has 4 N–H and O–H groups in total. The van der Waals surface area contributed by atoms with Crippen LogP contribution in [0.25, 0.3) is 10.9 Å². The minimum Gasteiger partial charge on any atom is -0.489 e. The van der Waals surface area contributed by atoms with E-state index < -0.39 is 12.7 Å². The van der Waals surface area contributed by atoms with Crippen LogP contribution in [0.1, 0.15) is 30.4 Å². The van der Waals surface area contributed by atoms with Crippen molar-refractivity contribution in [3.05, 3.63) is 82.8 Å². The summed E-state index contributed by atoms with van der Waals surface area (Å²) in [6.45, 7) is -0.555. The van der Waals surface area contributed by atoms with Crippen LogP contribution in [0.3, 0.4) is 0 Å². The number of anilines is 3. The van der Waals surface area contributed by atoms with Crippen LogP contribution in [-0.4, -0.2) is 51.4 Å². The lowest BCUT2D eigenvalue weighted by molar-refractivity contribution is -0.116. The Bertz CT molecular complexity index is 1720. The van der Waals surface area contributed by atoms with Crippen molar-refractivity contribution in [1.29, 1.82) is 5.26 Å². The van der Waals surface area contributed by atoms with E-state index in [1.54, 1.807) is 53.3 Å². The van der Waals surface area contributed by atoms with Gasteiger partial charge in [-0.25, -0.2) is 4.39 Å². The molecular formula is C32H30ClFN4O5S2. The van der Waals surface area contributed by atoms with E-state index in [1.807, 2.05) is 10.8 Å². The van der Waals surface area contributed by atoms with E-state index >= 15 is 0 Å². The highest BCUT2D eigenvalue weighted by atomic mass is 35.5. The van der Waals surface area contributed by atoms with Gasteiger partial charge in [-0.05, 0) is 54.8 Å². The average Bonchev–Trinajstić information content (AvgIpc) is 3.56. The second kappa shape index (κ2) is 15.5. The number of carbonyl (C=O) groups is 1. The number of nitrogens with zero attached hydrogens (tertiary/aromatic N) is 2. The Kier molecular flexibility index (Phi) is 11.3. The Labute approximate surface area is 272 Å². The zero-order valence-electron chi connectivity index (χ0n) is 24.0. The molecule has 1 aliphatic rings. The summed E-state index contributed by atoms with van der Waals surface area (Å²) < 4.78 is 25.1. The largest absolute Gasteiger partial charge is 0.489 e. The number of fused-ring (bicyclic) bond motifs is 1. The molecule has 1 amide bonds. The van der Waals surface area contributed by atoms with Gasteiger partial charge in [0, 0.05) is 40.8 Å². The SMILES string of the molecule is N#Cc1cnc2cc(OCC(O)CO)c(NC(=O)CCC3CCSS3)cc2c1Nc1ccc(OCc2cccc(F)c2)c(Cl)c1. The van der Waals surface area contributed by atoms with Gasteiger partial charge in [-0.1, -0.05) is 45.3 Å². The Morgan fingerprint density at radius 1 is 1.20 bits per heavy atom. The molecule has 13 heteroatoms. The maximum absolute atomic E-state index is 13.5. The van der Waals surface area contributed by atoms with Gasteiger partial charge in [0.1, 0.15) is 42.7 Å². The van der Waals surface area contributed by atoms with Gasteiger partial charge in [0.05, 0.1) is 34.1 Å². The smallest absolute Gasteiger partial charge is 0.224 e. The molecule has 9 nitrogen and oxygen atoms in total. The molecule has 45 heavy (non-hydrogen) atoms. The first-order chi connectivity index (χ1) is 21.8. The summed E-state index contributed by atoms with van der Waals surface area (Å²) in [4.78, 5) is 17.4. The molecule has 1 saturated heterocycles. The van der Waals surface area contributed by atoms with Crippen molar-refractivity contribution in [3.63, 3.8) is 0 Å². The van der Waals surface area contributed by atoms with E-state index in [-0.39, 0.29) is 36.3 Å². The molecule has 2 atom stereocenters. The third-order valence-corrected chi connectivity index (χ3v) is 10.2. The standard InChI is InChI=1S/C32H30ClFN4O5S2/c33-26-11-22(4-6-29(26)42-17-19-2-1-3-21(34)10-19)37-32-20(14-35)15-36-27-13-30(43-18-23(40)16-39)28(12-25(27)32)38-31(41)7-5-24-8-9-44-45-24/h1-4,6,10-13,15,23-24,39-40H,5,7-9,16-18H2,(H,36,37)(H,38,41). The van der Waals surface area contributed by atoms with Crippen LogP contribution in [0.4, 0.5) is 21.5 Å². The van der Waals surface area contributed by atoms with E-state index in [0.29, 0.717) is 56.0 Å². The summed E-state index contributed by atoms with van der Waals surface area (Å²) >= 11 is 6.52. The minimum absolute atomic E-state index is 0.129. The molecule has 0 aliphatic carbocycles. The number of aliphatic hydroxyl groups is 2. The predicted octanol–water partition coefficient (Wildman–Crippen LogP) is 6.83. The fourth-order valence-electron chi connectivity index (χ4n) is 4.59. The first-order valence-electron chi connectivity index (χ1n) is 14.1. The molecule has 0 spiro atoms. The Morgan fingerprint density at radius 3 is 2.80 bits per heavy atom. The molecule has 1 aromatic heterocycles. The number of amides is 1. The zero-order chi connectivity index (χ0) is 31.8. The lowest BCUT2D eigenvalue weighted by Crippen LogP contribution is -2.22. The van der Waals surface area contributed by atoms with Crippen molar-refractivity contribution in [2.24, 2.45) is 0 Å². The number of aromatic nitrogens is 1. The van der Waals surface area contributed by atoms with Crippen LogP contribution >= 0.6 is 33.2 Å². The van der Waals surface area contributed by atoms with E-state index in [1.165, 1.54) is 18.3 Å². The van der Waals surface area contributed by atoms with Crippen LogP contribution < -0.4 is 20.1 Å². The predicted molar refractivity (Wildman–Crippen MR) is 177 cm³/mol. The quantitative estimate of drug-likeness (QED) is 0.112. The number of carbonyl (C=O) groups excluding carboxylic acids is 1. The number of hydrogen-bond acceptors (Lipinski definition) is 10. The van der Waals surface area contributed by atoms with E-state index in [4.69, 9.17) is 21.1 Å². The van der Waals surface area contributed by atoms with Crippen LogP contribution in [0.5, 0.6) is 11.5 Å². The monoisotopic (exact) mass is 668 g/mol. The fraction of sp³-hybridized carbons (Fsp3) is 0.281. The summed E-state index contributed by atoms with van der Waals surface area (Å²) in [5.41, 5.74) is 2.70. The molecule has 234 valence electrons. The highest BCUT2D eigenvalue weighted by Crippen LogP contribution is 2.40. The summed E-state index contributed by atoms with van der Waals surface area (Å²) in [5.74, 6) is 1.19. The van der Waals surface area contributed by atoms with Gasteiger partial charge in [-0.15, -0.1) is 0 Å². The van der Waals surface area contributed by atoms with Gasteiger partial charge >= 0.3 is 0 Å². The second-order valence-corrected chi connectivity index (χ2v) is 13.5. The number of rotatable bonds is 13. The number of hydrogen-bond donors (Lipinski definition) is 4. The number of aliphatic hydroxyl groups excluding tert-OH is 2. The molecule has 2 heterocycles. The van der Waals surface area contributed by atoms with Gasteiger partial charge in [0.25, 0.3) is 0 Å². The van der Waals surface area contributed by atoms with E-state index in [2.05, 4.69) is 21.7 Å². The zero-order valence-corrected chi connectivity index (χ0v) is 26.4. The van der Waals surface area contributed by atoms with Gasteiger partial charge in [-0.2, -0.15) is 5.26 Å². The molecule has 0 radical (unpaired) electrons. The molecular weight excluding hydrogens is 639 g/mol. The highest BCUT2D eigenvalue weighted by molar-refractivity contribution is 8.77. The Balaban J connectivity index is 1.41. The van der Waals surface area contributed by atoms with Crippen molar-refractivity contribution in [3.8, 4) is 17.6 Å². The van der Waals surface area contributed by atoms with Crippen molar-refractivity contribution in [2.75, 3.05) is 29.6 Å². The molecule has 1 fully saturated rings. The Morgan fingerprint density at radius 2 is 2.07 bits per heavy atom. The summed E-state index contributed by atoms with van der Waals surface area (Å²) in [6.07, 6.45) is 2.44. The van der Waals surface area contributed by atoms with Gasteiger partial charge in [0.2, 0.25) is 5.91 Å². The number of halogens is 2. The molecule has 0 bridgehead atoms. The number of nitriles is 1. The normalized spacial score (nSPS) is 15.0. The minimum atomic E-state index is -1.11. The summed E-state index contributed by atoms with van der Waals surface area (Å²) in [5, 5.41) is 36.5. The number of ether oxygens (including phenoxy) is 2. The van der Waals surface area contributed by atoms with Gasteiger partial charge in [-0.3, -0.25) is 9.78 Å². The summed E-state index contributed by atoms with van der Waals surface area (Å²) in [7, 11) is 3.62. The third kappa shape index (κ3) is 8.71. The molecule has 4 aromatic rings. The first-order valence-corrected chi connectivity index (χ1v) is 16.9. The third-order valence-electron chi connectivity index (χ3n) is 6.91. The maximum Gasteiger partial charge on any atom is 0.224 e. The number of benzene rings is 3. The van der Waals surface area contributed by atoms with Crippen molar-refractivity contribution >= 4 is 67.1 Å². The van der Waals surface area contributed by atoms with Crippen LogP contribution in [0, 0.1) is 17.1 Å². The van der Waals surface area contributed by atoms with Crippen LogP contribution in [0.15, 0.2) is 60.8 Å². The average molecular weight is 669 g/mol. The topological polar surface area (TPSA) is 137 Å². The van der Waals surface area contributed by atoms with Crippen molar-refractivity contribution in [2.45, 2.75) is 37.2 Å². The maximum atomic E-state index is 13.5. The van der Waals surface area contributed by atoms with Gasteiger partial charge in [0.15, 0.2) is 0 Å². The second-order valence-electron chi connectivity index (χ2n) is 10.3. The number of nitrogens with one attached hydrogen (secondary N) is 2. The molecule has 0 saturated carbocycles. The summed E-state index contributed by atoms with van der Waals surface area (Å²) in [6, 6.07) is 16.6. The van der Waals surface area contributed by atoms with Crippen molar-refractivity contribution in [1.82, 2.24) is 4.98 Å². The highest BCUT2D eigenvalue weighted by Gasteiger charge is 2.20. The van der Waals surface area contributed by atoms with Crippen LogP contribution in [-0.2, 0) is 11.4 Å². The number of pyridine rings is 1. The van der Waals surface area contributed by atoms with E-state index in [9.17, 15) is 24.7 Å². The first kappa shape index (κ1) is 32.7. The van der Waals surface area contributed by atoms with Crippen LogP contribution in [0.2, 0.25) is 5.02 Å². The lowest BCUT2D eigenvalue weighted by atomic mass is 10.1. The molecule has 1 aliphatic heterocycles. The fourth-order valence-corrected chi connectivity index (χ4v) is 7.81. The van der Waals surface area contributed by atoms with E-state index in [0.717, 1.165) is 18.6 Å². The molecule has 5 rings (SSSR count). The lowest BCUT2D eigenvalue weighted by Gasteiger charge is -2.18. The Hall–Kier alpha value is -3.73. The van der Waals surface area contributed by atoms with Crippen molar-refractivity contribution < 1.29 is 28.9 Å². The molecule has 3 aromatic carbocycles.